The third kappa shape index (κ3) is 2.58. The van der Waals surface area contributed by atoms with Gasteiger partial charge in [0.15, 0.2) is 0 Å². The number of carbonyl (C=O) groups excluding carboxylic acids is 1. The van der Waals surface area contributed by atoms with Gasteiger partial charge >= 0.3 is 5.97 Å². The molecular weight excluding hydrogens is 236 g/mol. The Morgan fingerprint density at radius 3 is 2.94 bits per heavy atom. The Hall–Kier alpha value is -1.55. The molecule has 2 aromatic rings. The zero-order valence-corrected chi connectivity index (χ0v) is 10.7. The first-order valence-electron chi connectivity index (χ1n) is 5.44. The van der Waals surface area contributed by atoms with Gasteiger partial charge in [0.2, 0.25) is 0 Å². The Morgan fingerprint density at radius 2 is 2.24 bits per heavy atom. The summed E-state index contributed by atoms with van der Waals surface area (Å²) in [5.41, 5.74) is 1.00. The van der Waals surface area contributed by atoms with Gasteiger partial charge in [-0.2, -0.15) is 0 Å². The van der Waals surface area contributed by atoms with Gasteiger partial charge in [-0.25, -0.2) is 0 Å². The number of ether oxygens (including phenoxy) is 2. The van der Waals surface area contributed by atoms with Crippen molar-refractivity contribution in [3.63, 3.8) is 0 Å². The molecule has 0 aliphatic carbocycles. The number of thiophene rings is 1. The molecule has 0 unspecified atom stereocenters. The summed E-state index contributed by atoms with van der Waals surface area (Å²) in [7, 11) is 1.64. The highest BCUT2D eigenvalue weighted by Gasteiger charge is 2.10. The molecule has 90 valence electrons. The molecule has 2 rings (SSSR count). The zero-order valence-electron chi connectivity index (χ0n) is 9.86. The van der Waals surface area contributed by atoms with E-state index in [1.165, 1.54) is 0 Å². The van der Waals surface area contributed by atoms with E-state index in [1.54, 1.807) is 18.4 Å². The first kappa shape index (κ1) is 11.9. The summed E-state index contributed by atoms with van der Waals surface area (Å²) < 4.78 is 11.3. The van der Waals surface area contributed by atoms with Crippen molar-refractivity contribution in [2.75, 3.05) is 13.7 Å². The van der Waals surface area contributed by atoms with E-state index in [-0.39, 0.29) is 5.97 Å². The molecule has 4 heteroatoms. The van der Waals surface area contributed by atoms with Gasteiger partial charge < -0.3 is 9.47 Å². The largest absolute Gasteiger partial charge is 0.497 e. The third-order valence-corrected chi connectivity index (χ3v) is 3.51. The monoisotopic (exact) mass is 250 g/mol. The maximum absolute atomic E-state index is 11.5. The fourth-order valence-corrected chi connectivity index (χ4v) is 2.64. The van der Waals surface area contributed by atoms with Crippen molar-refractivity contribution in [3.05, 3.63) is 29.1 Å². The van der Waals surface area contributed by atoms with Crippen LogP contribution in [0.1, 0.15) is 12.5 Å². The summed E-state index contributed by atoms with van der Waals surface area (Å²) >= 11 is 1.63. The molecule has 0 spiro atoms. The van der Waals surface area contributed by atoms with Crippen LogP contribution in [0.25, 0.3) is 10.1 Å². The molecule has 1 aromatic heterocycles. The SMILES string of the molecule is CCOC(=O)Cc1csc2ccc(OC)cc12. The van der Waals surface area contributed by atoms with Crippen LogP contribution in [-0.2, 0) is 16.0 Å². The normalized spacial score (nSPS) is 10.5. The fraction of sp³-hybridized carbons (Fsp3) is 0.308. The summed E-state index contributed by atoms with van der Waals surface area (Å²) in [4.78, 5) is 11.5. The van der Waals surface area contributed by atoms with Gasteiger partial charge in [-0.3, -0.25) is 4.79 Å². The standard InChI is InChI=1S/C13H14O3S/c1-3-16-13(14)6-9-8-17-12-5-4-10(15-2)7-11(9)12/h4-5,7-8H,3,6H2,1-2H3. The predicted molar refractivity (Wildman–Crippen MR) is 68.7 cm³/mol. The lowest BCUT2D eigenvalue weighted by atomic mass is 10.1. The quantitative estimate of drug-likeness (QED) is 0.782. The van der Waals surface area contributed by atoms with E-state index in [0.29, 0.717) is 13.0 Å². The van der Waals surface area contributed by atoms with Crippen molar-refractivity contribution in [2.45, 2.75) is 13.3 Å². The number of esters is 1. The molecule has 0 saturated heterocycles. The van der Waals surface area contributed by atoms with Crippen molar-refractivity contribution >= 4 is 27.4 Å². The molecule has 0 fully saturated rings. The van der Waals surface area contributed by atoms with Crippen molar-refractivity contribution in [2.24, 2.45) is 0 Å². The number of benzene rings is 1. The predicted octanol–water partition coefficient (Wildman–Crippen LogP) is 3.02. The van der Waals surface area contributed by atoms with E-state index in [9.17, 15) is 4.79 Å². The second-order valence-corrected chi connectivity index (χ2v) is 4.52. The molecule has 1 aromatic carbocycles. The molecule has 0 saturated carbocycles. The summed E-state index contributed by atoms with van der Waals surface area (Å²) in [6.07, 6.45) is 0.320. The van der Waals surface area contributed by atoms with Crippen molar-refractivity contribution < 1.29 is 14.3 Å². The highest BCUT2D eigenvalue weighted by molar-refractivity contribution is 7.17. The lowest BCUT2D eigenvalue weighted by Crippen LogP contribution is -2.06. The van der Waals surface area contributed by atoms with Gasteiger partial charge in [0.25, 0.3) is 0 Å². The van der Waals surface area contributed by atoms with Crippen molar-refractivity contribution in [1.29, 1.82) is 0 Å². The zero-order chi connectivity index (χ0) is 12.3. The number of hydrogen-bond acceptors (Lipinski definition) is 4. The minimum absolute atomic E-state index is 0.185. The van der Waals surface area contributed by atoms with Crippen LogP contribution in [0.2, 0.25) is 0 Å². The van der Waals surface area contributed by atoms with Gasteiger partial charge in [-0.15, -0.1) is 11.3 Å². The maximum Gasteiger partial charge on any atom is 0.310 e. The molecule has 0 atom stereocenters. The van der Waals surface area contributed by atoms with E-state index < -0.39 is 0 Å². The third-order valence-electron chi connectivity index (χ3n) is 2.50. The van der Waals surface area contributed by atoms with Gasteiger partial charge in [-0.1, -0.05) is 0 Å². The number of fused-ring (bicyclic) bond motifs is 1. The molecular formula is C13H14O3S. The van der Waals surface area contributed by atoms with E-state index in [1.807, 2.05) is 30.5 Å². The Bertz CT molecular complexity index is 530. The van der Waals surface area contributed by atoms with Gasteiger partial charge in [0.05, 0.1) is 20.1 Å². The van der Waals surface area contributed by atoms with Crippen molar-refractivity contribution in [1.82, 2.24) is 0 Å². The minimum Gasteiger partial charge on any atom is -0.497 e. The smallest absolute Gasteiger partial charge is 0.310 e. The maximum atomic E-state index is 11.5. The minimum atomic E-state index is -0.185. The Balaban J connectivity index is 2.30. The van der Waals surface area contributed by atoms with Crippen molar-refractivity contribution in [3.8, 4) is 5.75 Å². The lowest BCUT2D eigenvalue weighted by molar-refractivity contribution is -0.142. The van der Waals surface area contributed by atoms with E-state index >= 15 is 0 Å². The number of hydrogen-bond donors (Lipinski definition) is 0. The summed E-state index contributed by atoms with van der Waals surface area (Å²) in [5, 5.41) is 3.07. The van der Waals surface area contributed by atoms with Crippen LogP contribution in [-0.4, -0.2) is 19.7 Å². The molecule has 3 nitrogen and oxygen atoms in total. The summed E-state index contributed by atoms with van der Waals surface area (Å²) in [6, 6.07) is 5.89. The van der Waals surface area contributed by atoms with E-state index in [2.05, 4.69) is 0 Å². The van der Waals surface area contributed by atoms with Crippen LogP contribution in [0.4, 0.5) is 0 Å². The lowest BCUT2D eigenvalue weighted by Gasteiger charge is -2.02. The second-order valence-electron chi connectivity index (χ2n) is 3.60. The molecule has 0 bridgehead atoms. The van der Waals surface area contributed by atoms with Gasteiger partial charge in [0, 0.05) is 4.70 Å². The molecule has 0 aliphatic rings. The average molecular weight is 250 g/mol. The first-order valence-corrected chi connectivity index (χ1v) is 6.32. The first-order chi connectivity index (χ1) is 8.24. The molecule has 0 aliphatic heterocycles. The molecule has 0 N–H and O–H groups in total. The number of methoxy groups -OCH3 is 1. The van der Waals surface area contributed by atoms with Crippen LogP contribution < -0.4 is 4.74 Å². The Labute approximate surface area is 104 Å². The summed E-state index contributed by atoms with van der Waals surface area (Å²) in [5.74, 6) is 0.621. The van der Waals surface area contributed by atoms with Gasteiger partial charge in [-0.05, 0) is 41.5 Å². The molecule has 0 amide bonds. The topological polar surface area (TPSA) is 35.5 Å². The summed E-state index contributed by atoms with van der Waals surface area (Å²) in [6.45, 7) is 2.23. The molecule has 17 heavy (non-hydrogen) atoms. The van der Waals surface area contributed by atoms with E-state index in [0.717, 1.165) is 21.4 Å². The van der Waals surface area contributed by atoms with Crippen LogP contribution in [0.3, 0.4) is 0 Å². The molecule has 0 radical (unpaired) electrons. The van der Waals surface area contributed by atoms with Gasteiger partial charge in [0.1, 0.15) is 5.75 Å². The second kappa shape index (κ2) is 5.19. The van der Waals surface area contributed by atoms with Crippen LogP contribution >= 0.6 is 11.3 Å². The highest BCUT2D eigenvalue weighted by atomic mass is 32.1. The van der Waals surface area contributed by atoms with E-state index in [4.69, 9.17) is 9.47 Å². The van der Waals surface area contributed by atoms with Crippen LogP contribution in [0.15, 0.2) is 23.6 Å². The average Bonchev–Trinajstić information content (AvgIpc) is 2.72. The Morgan fingerprint density at radius 1 is 1.41 bits per heavy atom. The fourth-order valence-electron chi connectivity index (χ4n) is 1.69. The van der Waals surface area contributed by atoms with Crippen LogP contribution in [0.5, 0.6) is 5.75 Å². The Kier molecular flexibility index (Phi) is 3.64. The number of rotatable bonds is 4. The molecule has 1 heterocycles. The highest BCUT2D eigenvalue weighted by Crippen LogP contribution is 2.29. The van der Waals surface area contributed by atoms with Crippen LogP contribution in [0, 0.1) is 0 Å². The number of carbonyl (C=O) groups is 1.